The van der Waals surface area contributed by atoms with Gasteiger partial charge in [0.2, 0.25) is 0 Å². The molecule has 7 aromatic carbocycles. The molecule has 1 nitrogen and oxygen atoms in total. The molecule has 7 aromatic rings. The molecule has 0 heterocycles. The lowest BCUT2D eigenvalue weighted by Gasteiger charge is -2.28. The zero-order chi connectivity index (χ0) is 33.3. The van der Waals surface area contributed by atoms with Crippen molar-refractivity contribution in [3.05, 3.63) is 186 Å². The lowest BCUT2D eigenvalue weighted by atomic mass is 9.76. The molecule has 0 aliphatic heterocycles. The lowest BCUT2D eigenvalue weighted by Crippen LogP contribution is -2.19. The number of nitrogens with zero attached hydrogens (tertiary/aromatic N) is 1. The smallest absolute Gasteiger partial charge is 0.0468 e. The minimum atomic E-state index is -0.155. The van der Waals surface area contributed by atoms with Crippen LogP contribution in [-0.2, 0) is 10.8 Å². The van der Waals surface area contributed by atoms with Crippen LogP contribution in [0.4, 0.5) is 17.1 Å². The Kier molecular flexibility index (Phi) is 6.58. The van der Waals surface area contributed by atoms with E-state index < -0.39 is 0 Å². The van der Waals surface area contributed by atoms with Crippen LogP contribution in [0, 0.1) is 0 Å². The van der Waals surface area contributed by atoms with Gasteiger partial charge in [-0.15, -0.1) is 0 Å². The SMILES string of the molecule is CC1(C)c2ccccc2-c2c1cc1c(c2-c2ccccc2)-c2cc(N(c3ccccc3)c3cccc(-c4ccccc4)c3)ccc2C1(C)C. The summed E-state index contributed by atoms with van der Waals surface area (Å²) in [5, 5.41) is 0. The van der Waals surface area contributed by atoms with Gasteiger partial charge in [-0.3, -0.25) is 0 Å². The molecule has 0 saturated carbocycles. The first-order valence-electron chi connectivity index (χ1n) is 17.4. The number of rotatable bonds is 5. The third-order valence-corrected chi connectivity index (χ3v) is 11.0. The number of anilines is 3. The first kappa shape index (κ1) is 29.5. The van der Waals surface area contributed by atoms with Gasteiger partial charge in [0, 0.05) is 27.9 Å². The molecule has 49 heavy (non-hydrogen) atoms. The highest BCUT2D eigenvalue weighted by atomic mass is 15.1. The number of hydrogen-bond donors (Lipinski definition) is 0. The third kappa shape index (κ3) is 4.46. The molecule has 0 amide bonds. The van der Waals surface area contributed by atoms with Gasteiger partial charge < -0.3 is 4.90 Å². The van der Waals surface area contributed by atoms with E-state index in [1.165, 1.54) is 66.8 Å². The highest BCUT2D eigenvalue weighted by Gasteiger charge is 2.44. The molecule has 0 spiro atoms. The average molecular weight is 630 g/mol. The summed E-state index contributed by atoms with van der Waals surface area (Å²) in [6, 6.07) is 60.2. The molecule has 0 bridgehead atoms. The lowest BCUT2D eigenvalue weighted by molar-refractivity contribution is 0.639. The van der Waals surface area contributed by atoms with E-state index in [0.717, 1.165) is 17.1 Å². The minimum Gasteiger partial charge on any atom is -0.310 e. The second-order valence-corrected chi connectivity index (χ2v) is 14.6. The largest absolute Gasteiger partial charge is 0.310 e. The molecule has 2 aliphatic rings. The summed E-state index contributed by atoms with van der Waals surface area (Å²) in [7, 11) is 0. The van der Waals surface area contributed by atoms with Gasteiger partial charge in [-0.25, -0.2) is 0 Å². The minimum absolute atomic E-state index is 0.0889. The van der Waals surface area contributed by atoms with Crippen LogP contribution in [0.2, 0.25) is 0 Å². The Labute approximate surface area is 290 Å². The molecule has 0 atom stereocenters. The van der Waals surface area contributed by atoms with Crippen molar-refractivity contribution in [1.82, 2.24) is 0 Å². The normalized spacial score (nSPS) is 14.4. The molecular weight excluding hydrogens is 591 g/mol. The molecular formula is C48H39N. The van der Waals surface area contributed by atoms with Crippen LogP contribution in [0.25, 0.3) is 44.5 Å². The highest BCUT2D eigenvalue weighted by molar-refractivity contribution is 6.04. The highest BCUT2D eigenvalue weighted by Crippen LogP contribution is 2.61. The topological polar surface area (TPSA) is 3.24 Å². The second kappa shape index (κ2) is 10.9. The van der Waals surface area contributed by atoms with Gasteiger partial charge in [-0.2, -0.15) is 0 Å². The van der Waals surface area contributed by atoms with Crippen LogP contribution in [0.1, 0.15) is 49.9 Å². The fourth-order valence-electron chi connectivity index (χ4n) is 8.56. The summed E-state index contributed by atoms with van der Waals surface area (Å²) < 4.78 is 0. The van der Waals surface area contributed by atoms with Gasteiger partial charge in [0.1, 0.15) is 0 Å². The summed E-state index contributed by atoms with van der Waals surface area (Å²) >= 11 is 0. The average Bonchev–Trinajstić information content (AvgIpc) is 3.51. The van der Waals surface area contributed by atoms with E-state index in [0.29, 0.717) is 0 Å². The first-order valence-corrected chi connectivity index (χ1v) is 17.4. The Morgan fingerprint density at radius 1 is 0.327 bits per heavy atom. The third-order valence-electron chi connectivity index (χ3n) is 11.0. The second-order valence-electron chi connectivity index (χ2n) is 14.6. The number of para-hydroxylation sites is 1. The molecule has 0 fully saturated rings. The Morgan fingerprint density at radius 2 is 0.837 bits per heavy atom. The first-order chi connectivity index (χ1) is 23.8. The molecule has 2 aliphatic carbocycles. The van der Waals surface area contributed by atoms with Crippen molar-refractivity contribution < 1.29 is 0 Å². The molecule has 236 valence electrons. The maximum Gasteiger partial charge on any atom is 0.0468 e. The predicted octanol–water partition coefficient (Wildman–Crippen LogP) is 13.1. The Balaban J connectivity index is 1.32. The van der Waals surface area contributed by atoms with Crippen molar-refractivity contribution in [1.29, 1.82) is 0 Å². The van der Waals surface area contributed by atoms with Gasteiger partial charge in [0.05, 0.1) is 0 Å². The Hall–Kier alpha value is -5.66. The van der Waals surface area contributed by atoms with Gasteiger partial charge in [0.25, 0.3) is 0 Å². The maximum absolute atomic E-state index is 2.55. The van der Waals surface area contributed by atoms with Crippen molar-refractivity contribution >= 4 is 17.1 Å². The summed E-state index contributed by atoms with van der Waals surface area (Å²) in [4.78, 5) is 2.41. The zero-order valence-electron chi connectivity index (χ0n) is 28.5. The van der Waals surface area contributed by atoms with E-state index in [1.807, 2.05) is 0 Å². The summed E-state index contributed by atoms with van der Waals surface area (Å²) in [6.07, 6.45) is 0. The number of benzene rings is 7. The van der Waals surface area contributed by atoms with Crippen molar-refractivity contribution in [2.75, 3.05) is 4.90 Å². The monoisotopic (exact) mass is 629 g/mol. The van der Waals surface area contributed by atoms with E-state index in [1.54, 1.807) is 0 Å². The van der Waals surface area contributed by atoms with Crippen molar-refractivity contribution in [2.24, 2.45) is 0 Å². The van der Waals surface area contributed by atoms with Gasteiger partial charge in [-0.1, -0.05) is 155 Å². The summed E-state index contributed by atoms with van der Waals surface area (Å²) in [5.41, 5.74) is 19.3. The van der Waals surface area contributed by atoms with E-state index in [2.05, 4.69) is 196 Å². The van der Waals surface area contributed by atoms with Crippen molar-refractivity contribution in [3.63, 3.8) is 0 Å². The standard InChI is InChI=1S/C48H39N/c1-47(2)40-26-15-14-25-38(40)45-42(47)31-43-46(44(45)33-19-10-6-11-20-33)39-30-37(27-28-41(39)48(43,3)4)49(35-22-12-7-13-23-35)36-24-16-21-34(29-36)32-17-8-5-9-18-32/h5-31H,1-4H3. The summed E-state index contributed by atoms with van der Waals surface area (Å²) in [6.45, 7) is 9.61. The van der Waals surface area contributed by atoms with Crippen molar-refractivity contribution in [3.8, 4) is 44.5 Å². The van der Waals surface area contributed by atoms with E-state index >= 15 is 0 Å². The molecule has 0 N–H and O–H groups in total. The number of hydrogen-bond acceptors (Lipinski definition) is 1. The molecule has 1 heteroatoms. The predicted molar refractivity (Wildman–Crippen MR) is 207 cm³/mol. The molecule has 0 unspecified atom stereocenters. The van der Waals surface area contributed by atoms with Crippen LogP contribution >= 0.6 is 0 Å². The van der Waals surface area contributed by atoms with Crippen LogP contribution in [0.3, 0.4) is 0 Å². The molecule has 9 rings (SSSR count). The maximum atomic E-state index is 2.55. The molecule has 0 radical (unpaired) electrons. The van der Waals surface area contributed by atoms with Crippen LogP contribution in [-0.4, -0.2) is 0 Å². The van der Waals surface area contributed by atoms with Crippen molar-refractivity contribution in [2.45, 2.75) is 38.5 Å². The van der Waals surface area contributed by atoms with E-state index in [4.69, 9.17) is 0 Å². The van der Waals surface area contributed by atoms with Crippen LogP contribution in [0.5, 0.6) is 0 Å². The van der Waals surface area contributed by atoms with Gasteiger partial charge in [-0.05, 0) is 103 Å². The molecule has 0 aromatic heterocycles. The van der Waals surface area contributed by atoms with Crippen LogP contribution in [0.15, 0.2) is 164 Å². The summed E-state index contributed by atoms with van der Waals surface area (Å²) in [5.74, 6) is 0. The van der Waals surface area contributed by atoms with Gasteiger partial charge in [0.15, 0.2) is 0 Å². The van der Waals surface area contributed by atoms with E-state index in [-0.39, 0.29) is 10.8 Å². The Bertz CT molecular complexity index is 2370. The quantitative estimate of drug-likeness (QED) is 0.183. The number of fused-ring (bicyclic) bond motifs is 6. The fraction of sp³-hybridized carbons (Fsp3) is 0.125. The van der Waals surface area contributed by atoms with E-state index in [9.17, 15) is 0 Å². The fourth-order valence-corrected chi connectivity index (χ4v) is 8.56. The Morgan fingerprint density at radius 3 is 1.53 bits per heavy atom. The molecule has 0 saturated heterocycles. The van der Waals surface area contributed by atoms with Crippen LogP contribution < -0.4 is 4.90 Å². The van der Waals surface area contributed by atoms with Gasteiger partial charge >= 0.3 is 0 Å². The zero-order valence-corrected chi connectivity index (χ0v) is 28.5.